The zero-order chi connectivity index (χ0) is 11.5. The minimum atomic E-state index is 0.759. The topological polar surface area (TPSA) is 47.7 Å². The molecule has 0 aliphatic rings. The minimum Gasteiger partial charge on any atom is -0.364 e. The number of nitrogens with zero attached hydrogens (tertiary/aromatic N) is 4. The van der Waals surface area contributed by atoms with Gasteiger partial charge in [-0.3, -0.25) is 9.36 Å². The van der Waals surface area contributed by atoms with Gasteiger partial charge in [-0.05, 0) is 13.8 Å². The molecule has 16 heavy (non-hydrogen) atoms. The van der Waals surface area contributed by atoms with Gasteiger partial charge in [-0.15, -0.1) is 0 Å². The molecule has 2 aromatic heterocycles. The van der Waals surface area contributed by atoms with Crippen LogP contribution in [0.5, 0.6) is 0 Å². The molecule has 0 aliphatic heterocycles. The molecular weight excluding hydrogens is 202 g/mol. The Hall–Kier alpha value is -1.78. The maximum Gasteiger partial charge on any atom is 0.151 e. The van der Waals surface area contributed by atoms with Crippen molar-refractivity contribution >= 4 is 5.82 Å². The van der Waals surface area contributed by atoms with E-state index < -0.39 is 0 Å². The van der Waals surface area contributed by atoms with Crippen molar-refractivity contribution < 1.29 is 0 Å². The Morgan fingerprint density at radius 2 is 2.19 bits per heavy atom. The van der Waals surface area contributed by atoms with Gasteiger partial charge in [0.05, 0.1) is 6.20 Å². The third-order valence-corrected chi connectivity index (χ3v) is 2.49. The lowest BCUT2D eigenvalue weighted by Crippen LogP contribution is -2.01. The van der Waals surface area contributed by atoms with E-state index in [-0.39, 0.29) is 0 Å². The fraction of sp³-hybridized carbons (Fsp3) is 0.455. The van der Waals surface area contributed by atoms with Crippen LogP contribution in [0.2, 0.25) is 0 Å². The number of anilines is 1. The van der Waals surface area contributed by atoms with Crippen LogP contribution in [-0.4, -0.2) is 19.6 Å². The zero-order valence-electron chi connectivity index (χ0n) is 9.94. The molecular formula is C11H17N5. The molecule has 0 bridgehead atoms. The Morgan fingerprint density at radius 3 is 2.75 bits per heavy atom. The van der Waals surface area contributed by atoms with Crippen molar-refractivity contribution in [3.05, 3.63) is 29.7 Å². The van der Waals surface area contributed by atoms with Crippen molar-refractivity contribution in [3.63, 3.8) is 0 Å². The molecule has 2 heterocycles. The van der Waals surface area contributed by atoms with Gasteiger partial charge in [0.2, 0.25) is 0 Å². The predicted molar refractivity (Wildman–Crippen MR) is 63.2 cm³/mol. The van der Waals surface area contributed by atoms with Crippen LogP contribution in [-0.2, 0) is 20.1 Å². The van der Waals surface area contributed by atoms with Gasteiger partial charge >= 0.3 is 0 Å². The van der Waals surface area contributed by atoms with Gasteiger partial charge in [0, 0.05) is 43.7 Å². The smallest absolute Gasteiger partial charge is 0.151 e. The van der Waals surface area contributed by atoms with Crippen LogP contribution in [0.1, 0.15) is 18.1 Å². The first-order valence-corrected chi connectivity index (χ1v) is 5.44. The van der Waals surface area contributed by atoms with E-state index in [2.05, 4.69) is 29.4 Å². The lowest BCUT2D eigenvalue weighted by molar-refractivity contribution is 0.661. The van der Waals surface area contributed by atoms with E-state index in [0.29, 0.717) is 0 Å². The van der Waals surface area contributed by atoms with Crippen molar-refractivity contribution in [2.75, 3.05) is 5.32 Å². The van der Waals surface area contributed by atoms with Crippen LogP contribution in [0.3, 0.4) is 0 Å². The molecule has 0 aliphatic carbocycles. The summed E-state index contributed by atoms with van der Waals surface area (Å²) in [5, 5.41) is 11.9. The second kappa shape index (κ2) is 4.38. The van der Waals surface area contributed by atoms with Crippen molar-refractivity contribution in [1.29, 1.82) is 0 Å². The van der Waals surface area contributed by atoms with E-state index in [4.69, 9.17) is 0 Å². The highest BCUT2D eigenvalue weighted by atomic mass is 15.3. The quantitative estimate of drug-likeness (QED) is 0.848. The van der Waals surface area contributed by atoms with Crippen LogP contribution in [0.4, 0.5) is 5.82 Å². The maximum atomic E-state index is 4.43. The third kappa shape index (κ3) is 2.24. The van der Waals surface area contributed by atoms with Crippen LogP contribution in [0.15, 0.2) is 18.6 Å². The van der Waals surface area contributed by atoms with Crippen molar-refractivity contribution in [2.45, 2.75) is 26.9 Å². The molecule has 0 atom stereocenters. The van der Waals surface area contributed by atoms with Crippen LogP contribution >= 0.6 is 0 Å². The molecule has 0 unspecified atom stereocenters. The van der Waals surface area contributed by atoms with Crippen LogP contribution in [0, 0.1) is 6.92 Å². The molecule has 5 heteroatoms. The Balaban J connectivity index is 2.01. The Labute approximate surface area is 95.1 Å². The lowest BCUT2D eigenvalue weighted by Gasteiger charge is -2.01. The fourth-order valence-corrected chi connectivity index (χ4v) is 1.61. The fourth-order valence-electron chi connectivity index (χ4n) is 1.61. The summed E-state index contributed by atoms with van der Waals surface area (Å²) in [4.78, 5) is 0. The molecule has 0 saturated heterocycles. The highest BCUT2D eigenvalue weighted by Crippen LogP contribution is 2.12. The number of aromatic nitrogens is 4. The van der Waals surface area contributed by atoms with E-state index in [1.165, 1.54) is 5.56 Å². The second-order valence-electron chi connectivity index (χ2n) is 3.89. The van der Waals surface area contributed by atoms with E-state index in [0.717, 1.165) is 24.5 Å². The first kappa shape index (κ1) is 10.7. The molecule has 86 valence electrons. The average molecular weight is 219 g/mol. The molecule has 0 saturated carbocycles. The standard InChI is InChI=1S/C11H17N5/c1-4-16-7-9(2)11(14-16)12-5-10-6-13-15(3)8-10/h6-8H,4-5H2,1-3H3,(H,12,14). The maximum absolute atomic E-state index is 4.43. The Kier molecular flexibility index (Phi) is 2.94. The Morgan fingerprint density at radius 1 is 1.38 bits per heavy atom. The van der Waals surface area contributed by atoms with Crippen molar-refractivity contribution in [1.82, 2.24) is 19.6 Å². The summed E-state index contributed by atoms with van der Waals surface area (Å²) in [6.45, 7) is 5.80. The predicted octanol–water partition coefficient (Wildman–Crippen LogP) is 1.56. The second-order valence-corrected chi connectivity index (χ2v) is 3.89. The normalized spacial score (nSPS) is 10.7. The highest BCUT2D eigenvalue weighted by Gasteiger charge is 2.04. The summed E-state index contributed by atoms with van der Waals surface area (Å²) in [6, 6.07) is 0. The molecule has 0 fully saturated rings. The van der Waals surface area contributed by atoms with E-state index in [1.54, 1.807) is 4.68 Å². The molecule has 0 radical (unpaired) electrons. The first-order chi connectivity index (χ1) is 7.69. The number of nitrogens with one attached hydrogen (secondary N) is 1. The zero-order valence-corrected chi connectivity index (χ0v) is 9.94. The van der Waals surface area contributed by atoms with Crippen molar-refractivity contribution in [3.8, 4) is 0 Å². The number of hydrogen-bond acceptors (Lipinski definition) is 3. The number of aryl methyl sites for hydroxylation is 3. The molecule has 2 rings (SSSR count). The van der Waals surface area contributed by atoms with Gasteiger partial charge in [0.1, 0.15) is 0 Å². The SMILES string of the molecule is CCn1cc(C)c(NCc2cnn(C)c2)n1. The summed E-state index contributed by atoms with van der Waals surface area (Å²) in [7, 11) is 1.92. The van der Waals surface area contributed by atoms with Gasteiger partial charge in [0.15, 0.2) is 5.82 Å². The summed E-state index contributed by atoms with van der Waals surface area (Å²) >= 11 is 0. The molecule has 0 amide bonds. The average Bonchev–Trinajstić information content (AvgIpc) is 2.82. The van der Waals surface area contributed by atoms with E-state index >= 15 is 0 Å². The molecule has 2 aromatic rings. The molecule has 5 nitrogen and oxygen atoms in total. The molecule has 1 N–H and O–H groups in total. The largest absolute Gasteiger partial charge is 0.364 e. The Bertz CT molecular complexity index is 468. The minimum absolute atomic E-state index is 0.759. The van der Waals surface area contributed by atoms with Gasteiger partial charge in [-0.25, -0.2) is 0 Å². The monoisotopic (exact) mass is 219 g/mol. The summed E-state index contributed by atoms with van der Waals surface area (Å²) in [5.41, 5.74) is 2.33. The van der Waals surface area contributed by atoms with Crippen LogP contribution < -0.4 is 5.32 Å². The number of rotatable bonds is 4. The molecule has 0 spiro atoms. The van der Waals surface area contributed by atoms with Gasteiger partial charge in [-0.2, -0.15) is 10.2 Å². The van der Waals surface area contributed by atoms with E-state index in [1.807, 2.05) is 30.3 Å². The van der Waals surface area contributed by atoms with Crippen molar-refractivity contribution in [2.24, 2.45) is 7.05 Å². The van der Waals surface area contributed by atoms with Gasteiger partial charge < -0.3 is 5.32 Å². The summed E-state index contributed by atoms with van der Waals surface area (Å²) < 4.78 is 3.73. The first-order valence-electron chi connectivity index (χ1n) is 5.44. The van der Waals surface area contributed by atoms with Gasteiger partial charge in [0.25, 0.3) is 0 Å². The van der Waals surface area contributed by atoms with Gasteiger partial charge in [-0.1, -0.05) is 0 Å². The summed E-state index contributed by atoms with van der Waals surface area (Å²) in [6.07, 6.45) is 5.91. The lowest BCUT2D eigenvalue weighted by atomic mass is 10.3. The third-order valence-electron chi connectivity index (χ3n) is 2.49. The number of hydrogen-bond donors (Lipinski definition) is 1. The highest BCUT2D eigenvalue weighted by molar-refractivity contribution is 5.42. The molecule has 0 aromatic carbocycles. The van der Waals surface area contributed by atoms with Crippen LogP contribution in [0.25, 0.3) is 0 Å². The summed E-state index contributed by atoms with van der Waals surface area (Å²) in [5.74, 6) is 0.950. The van der Waals surface area contributed by atoms with E-state index in [9.17, 15) is 0 Å².